The first-order valence-electron chi connectivity index (χ1n) is 5.08. The van der Waals surface area contributed by atoms with Gasteiger partial charge in [-0.3, -0.25) is 4.79 Å². The Morgan fingerprint density at radius 1 is 1.12 bits per heavy atom. The Bertz CT molecular complexity index is 318. The predicted molar refractivity (Wildman–Crippen MR) is 58.2 cm³/mol. The van der Waals surface area contributed by atoms with E-state index in [1.54, 1.807) is 6.92 Å². The summed E-state index contributed by atoms with van der Waals surface area (Å²) < 4.78 is 14.0. The number of rotatable bonds is 7. The average molecular weight is 244 g/mol. The van der Waals surface area contributed by atoms with Crippen LogP contribution in [0.1, 0.15) is 13.8 Å². The van der Waals surface area contributed by atoms with Crippen LogP contribution in [-0.4, -0.2) is 44.7 Å². The van der Waals surface area contributed by atoms with E-state index in [0.717, 1.165) is 6.08 Å². The molecule has 0 bridgehead atoms. The van der Waals surface area contributed by atoms with E-state index < -0.39 is 17.7 Å². The maximum absolute atomic E-state index is 11.4. The minimum atomic E-state index is -0.859. The molecule has 0 aliphatic heterocycles. The van der Waals surface area contributed by atoms with E-state index in [9.17, 15) is 14.4 Å². The Morgan fingerprint density at radius 3 is 2.24 bits per heavy atom. The molecule has 0 N–H and O–H groups in total. The number of ether oxygens (including phenoxy) is 3. The third kappa shape index (κ3) is 6.47. The summed E-state index contributed by atoms with van der Waals surface area (Å²) in [7, 11) is 1.45. The number of esters is 2. The molecule has 6 heteroatoms. The van der Waals surface area contributed by atoms with E-state index in [1.165, 1.54) is 14.0 Å². The van der Waals surface area contributed by atoms with Gasteiger partial charge in [0.05, 0.1) is 13.2 Å². The second-order valence-electron chi connectivity index (χ2n) is 2.99. The van der Waals surface area contributed by atoms with E-state index >= 15 is 0 Å². The molecule has 0 amide bonds. The van der Waals surface area contributed by atoms with Crippen LogP contribution < -0.4 is 0 Å². The second kappa shape index (κ2) is 8.46. The van der Waals surface area contributed by atoms with Crippen molar-refractivity contribution in [2.75, 3.05) is 26.9 Å². The van der Waals surface area contributed by atoms with Crippen molar-refractivity contribution >= 4 is 17.7 Å². The third-order valence-electron chi connectivity index (χ3n) is 1.67. The fraction of sp³-hybridized carbons (Fsp3) is 0.545. The zero-order valence-corrected chi connectivity index (χ0v) is 10.1. The SMILES string of the molecule is CCOC(=O)/C=C(/C(C)=O)C(=O)OCCOC. The van der Waals surface area contributed by atoms with Crippen LogP contribution in [-0.2, 0) is 28.6 Å². The minimum Gasteiger partial charge on any atom is -0.463 e. The van der Waals surface area contributed by atoms with Crippen LogP contribution in [0.4, 0.5) is 0 Å². The summed E-state index contributed by atoms with van der Waals surface area (Å²) in [5.74, 6) is -2.16. The standard InChI is InChI=1S/C11H16O6/c1-4-16-10(13)7-9(8(2)12)11(14)17-6-5-15-3/h7H,4-6H2,1-3H3/b9-7-. The lowest BCUT2D eigenvalue weighted by Gasteiger charge is -2.05. The van der Waals surface area contributed by atoms with E-state index in [0.29, 0.717) is 0 Å². The van der Waals surface area contributed by atoms with Gasteiger partial charge < -0.3 is 14.2 Å². The monoisotopic (exact) mass is 244 g/mol. The Kier molecular flexibility index (Phi) is 7.62. The molecule has 17 heavy (non-hydrogen) atoms. The lowest BCUT2D eigenvalue weighted by atomic mass is 10.2. The molecule has 0 aromatic rings. The number of Topliss-reactive ketones (excluding diaryl/α,β-unsaturated/α-hetero) is 1. The molecule has 96 valence electrons. The van der Waals surface area contributed by atoms with E-state index in [4.69, 9.17) is 4.74 Å². The maximum Gasteiger partial charge on any atom is 0.342 e. The number of hydrogen-bond donors (Lipinski definition) is 0. The highest BCUT2D eigenvalue weighted by Gasteiger charge is 2.18. The van der Waals surface area contributed by atoms with Crippen LogP contribution in [0.25, 0.3) is 0 Å². The van der Waals surface area contributed by atoms with Gasteiger partial charge in [0.1, 0.15) is 12.2 Å². The van der Waals surface area contributed by atoms with Crippen molar-refractivity contribution in [1.82, 2.24) is 0 Å². The average Bonchev–Trinajstić information content (AvgIpc) is 2.26. The fourth-order valence-corrected chi connectivity index (χ4v) is 0.902. The van der Waals surface area contributed by atoms with Gasteiger partial charge in [-0.25, -0.2) is 9.59 Å². The molecule has 0 heterocycles. The third-order valence-corrected chi connectivity index (χ3v) is 1.67. The fourth-order valence-electron chi connectivity index (χ4n) is 0.902. The molecule has 0 atom stereocenters. The van der Waals surface area contributed by atoms with Crippen molar-refractivity contribution in [3.63, 3.8) is 0 Å². The van der Waals surface area contributed by atoms with Gasteiger partial charge in [0, 0.05) is 13.2 Å². The van der Waals surface area contributed by atoms with Crippen LogP contribution in [0.3, 0.4) is 0 Å². The van der Waals surface area contributed by atoms with Gasteiger partial charge in [-0.2, -0.15) is 0 Å². The molecular formula is C11H16O6. The van der Waals surface area contributed by atoms with Crippen LogP contribution in [0.2, 0.25) is 0 Å². The highest BCUT2D eigenvalue weighted by molar-refractivity contribution is 6.19. The Balaban J connectivity index is 4.57. The lowest BCUT2D eigenvalue weighted by Crippen LogP contribution is -2.18. The summed E-state index contributed by atoms with van der Waals surface area (Å²) in [4.78, 5) is 33.7. The topological polar surface area (TPSA) is 78.9 Å². The smallest absolute Gasteiger partial charge is 0.342 e. The second-order valence-corrected chi connectivity index (χ2v) is 2.99. The quantitative estimate of drug-likeness (QED) is 0.210. The van der Waals surface area contributed by atoms with Gasteiger partial charge in [0.25, 0.3) is 0 Å². The molecule has 0 unspecified atom stereocenters. The molecule has 0 rings (SSSR count). The van der Waals surface area contributed by atoms with Crippen LogP contribution in [0.15, 0.2) is 11.6 Å². The highest BCUT2D eigenvalue weighted by atomic mass is 16.6. The molecule has 6 nitrogen and oxygen atoms in total. The molecule has 0 aliphatic carbocycles. The van der Waals surface area contributed by atoms with E-state index in [2.05, 4.69) is 9.47 Å². The van der Waals surface area contributed by atoms with Gasteiger partial charge in [-0.1, -0.05) is 0 Å². The molecule has 0 fully saturated rings. The first-order valence-corrected chi connectivity index (χ1v) is 5.08. The van der Waals surface area contributed by atoms with Crippen molar-refractivity contribution in [3.05, 3.63) is 11.6 Å². The largest absolute Gasteiger partial charge is 0.463 e. The summed E-state index contributed by atoms with van der Waals surface area (Å²) >= 11 is 0. The van der Waals surface area contributed by atoms with Crippen molar-refractivity contribution in [1.29, 1.82) is 0 Å². The number of ketones is 1. The van der Waals surface area contributed by atoms with Gasteiger partial charge in [-0.15, -0.1) is 0 Å². The maximum atomic E-state index is 11.4. The zero-order valence-electron chi connectivity index (χ0n) is 10.1. The molecule has 0 radical (unpaired) electrons. The summed E-state index contributed by atoms with van der Waals surface area (Å²) in [6.45, 7) is 3.19. The number of hydrogen-bond acceptors (Lipinski definition) is 6. The molecule has 0 aliphatic rings. The molecule has 0 spiro atoms. The van der Waals surface area contributed by atoms with Crippen molar-refractivity contribution in [3.8, 4) is 0 Å². The van der Waals surface area contributed by atoms with Gasteiger partial charge in [0.2, 0.25) is 0 Å². The molecule has 0 saturated heterocycles. The molecule has 0 saturated carbocycles. The van der Waals surface area contributed by atoms with Crippen LogP contribution >= 0.6 is 0 Å². The molecule has 0 aromatic carbocycles. The first-order chi connectivity index (χ1) is 8.02. The predicted octanol–water partition coefficient (Wildman–Crippen LogP) is 0.254. The summed E-state index contributed by atoms with van der Waals surface area (Å²) in [6.07, 6.45) is 0.834. The summed E-state index contributed by atoms with van der Waals surface area (Å²) in [6, 6.07) is 0. The first kappa shape index (κ1) is 15.3. The Morgan fingerprint density at radius 2 is 1.76 bits per heavy atom. The normalized spacial score (nSPS) is 10.9. The number of carbonyl (C=O) groups excluding carboxylic acids is 3. The van der Waals surface area contributed by atoms with Gasteiger partial charge in [0.15, 0.2) is 5.78 Å². The van der Waals surface area contributed by atoms with E-state index in [-0.39, 0.29) is 25.4 Å². The zero-order chi connectivity index (χ0) is 13.3. The van der Waals surface area contributed by atoms with Crippen molar-refractivity contribution in [2.24, 2.45) is 0 Å². The van der Waals surface area contributed by atoms with E-state index in [1.807, 2.05) is 0 Å². The molecular weight excluding hydrogens is 228 g/mol. The van der Waals surface area contributed by atoms with Crippen molar-refractivity contribution < 1.29 is 28.6 Å². The van der Waals surface area contributed by atoms with Crippen molar-refractivity contribution in [2.45, 2.75) is 13.8 Å². The highest BCUT2D eigenvalue weighted by Crippen LogP contribution is 2.01. The van der Waals surface area contributed by atoms with Gasteiger partial charge in [-0.05, 0) is 13.8 Å². The van der Waals surface area contributed by atoms with Crippen LogP contribution in [0, 0.1) is 0 Å². The van der Waals surface area contributed by atoms with Crippen LogP contribution in [0.5, 0.6) is 0 Å². The Hall–Kier alpha value is -1.69. The lowest BCUT2D eigenvalue weighted by molar-refractivity contribution is -0.143. The summed E-state index contributed by atoms with van der Waals surface area (Å²) in [5, 5.41) is 0. The number of carbonyl (C=O) groups is 3. The van der Waals surface area contributed by atoms with Gasteiger partial charge >= 0.3 is 11.9 Å². The Labute approximate surface area is 99.5 Å². The molecule has 0 aromatic heterocycles. The summed E-state index contributed by atoms with van der Waals surface area (Å²) in [5.41, 5.74) is -0.334. The number of methoxy groups -OCH3 is 1. The minimum absolute atomic E-state index is 0.0166.